The largest absolute Gasteiger partial charge is 0.462 e. The number of primary amides is 1. The van der Waals surface area contributed by atoms with E-state index in [0.29, 0.717) is 16.9 Å². The van der Waals surface area contributed by atoms with E-state index < -0.39 is 11.9 Å². The highest BCUT2D eigenvalue weighted by Gasteiger charge is 2.27. The predicted octanol–water partition coefficient (Wildman–Crippen LogP) is 5.70. The first kappa shape index (κ1) is 23.7. The maximum Gasteiger partial charge on any atom is 0.341 e. The van der Waals surface area contributed by atoms with Crippen molar-refractivity contribution in [3.8, 4) is 0 Å². The molecule has 174 valence electrons. The molecule has 0 aliphatic rings. The fourth-order valence-corrected chi connectivity index (χ4v) is 5.97. The number of fused-ring (bicyclic) bond motifs is 1. The molecule has 2 aromatic carbocycles. The highest BCUT2D eigenvalue weighted by molar-refractivity contribution is 7.21. The lowest BCUT2D eigenvalue weighted by Crippen LogP contribution is -2.15. The number of hydrogen-bond acceptors (Lipinski definition) is 6. The predicted molar refractivity (Wildman–Crippen MR) is 137 cm³/mol. The van der Waals surface area contributed by atoms with Crippen LogP contribution in [0.25, 0.3) is 10.1 Å². The van der Waals surface area contributed by atoms with Crippen molar-refractivity contribution in [1.82, 2.24) is 0 Å². The van der Waals surface area contributed by atoms with Gasteiger partial charge in [0.15, 0.2) is 0 Å². The molecule has 0 fully saturated rings. The summed E-state index contributed by atoms with van der Waals surface area (Å²) in [5.74, 6) is -1.60. The zero-order valence-electron chi connectivity index (χ0n) is 19.1. The van der Waals surface area contributed by atoms with Gasteiger partial charge in [0.2, 0.25) is 0 Å². The second-order valence-electron chi connectivity index (χ2n) is 7.87. The van der Waals surface area contributed by atoms with E-state index in [9.17, 15) is 14.4 Å². The summed E-state index contributed by atoms with van der Waals surface area (Å²) >= 11 is 2.39. The molecular weight excluding hydrogens is 468 g/mol. The number of thiophene rings is 2. The Bertz CT molecular complexity index is 1400. The SMILES string of the molecule is CCOC(=O)c1c(NC(=O)c2sc3ccccc3c2Cc2ccc(C)cc2)sc(C(N)=O)c1C. The lowest BCUT2D eigenvalue weighted by atomic mass is 10.0. The highest BCUT2D eigenvalue weighted by atomic mass is 32.1. The molecule has 0 saturated carbocycles. The normalized spacial score (nSPS) is 10.9. The molecule has 0 unspecified atom stereocenters. The molecule has 4 rings (SSSR count). The molecule has 0 aliphatic heterocycles. The number of carbonyl (C=O) groups excluding carboxylic acids is 3. The van der Waals surface area contributed by atoms with Crippen LogP contribution in [-0.2, 0) is 11.2 Å². The number of nitrogens with two attached hydrogens (primary N) is 1. The van der Waals surface area contributed by atoms with Crippen LogP contribution in [-0.4, -0.2) is 24.4 Å². The molecule has 0 atom stereocenters. The fraction of sp³-hybridized carbons (Fsp3) is 0.192. The Morgan fingerprint density at radius 3 is 2.35 bits per heavy atom. The van der Waals surface area contributed by atoms with Gasteiger partial charge < -0.3 is 15.8 Å². The van der Waals surface area contributed by atoms with E-state index in [1.54, 1.807) is 13.8 Å². The molecular formula is C26H24N2O4S2. The molecule has 8 heteroatoms. The Kier molecular flexibility index (Phi) is 6.81. The van der Waals surface area contributed by atoms with Crippen LogP contribution in [0, 0.1) is 13.8 Å². The van der Waals surface area contributed by atoms with Gasteiger partial charge in [-0.15, -0.1) is 22.7 Å². The molecule has 6 nitrogen and oxygen atoms in total. The quantitative estimate of drug-likeness (QED) is 0.323. The minimum absolute atomic E-state index is 0.162. The average Bonchev–Trinajstić information content (AvgIpc) is 3.33. The smallest absolute Gasteiger partial charge is 0.341 e. The monoisotopic (exact) mass is 492 g/mol. The number of rotatable bonds is 7. The average molecular weight is 493 g/mol. The Hall–Kier alpha value is -3.49. The summed E-state index contributed by atoms with van der Waals surface area (Å²) in [6, 6.07) is 16.1. The van der Waals surface area contributed by atoms with Crippen LogP contribution in [0.3, 0.4) is 0 Å². The van der Waals surface area contributed by atoms with E-state index >= 15 is 0 Å². The summed E-state index contributed by atoms with van der Waals surface area (Å²) in [6.45, 7) is 5.53. The summed E-state index contributed by atoms with van der Waals surface area (Å²) in [4.78, 5) is 38.8. The number of nitrogens with one attached hydrogen (secondary N) is 1. The van der Waals surface area contributed by atoms with Gasteiger partial charge in [-0.1, -0.05) is 48.0 Å². The van der Waals surface area contributed by atoms with Gasteiger partial charge in [-0.3, -0.25) is 9.59 Å². The van der Waals surface area contributed by atoms with Crippen molar-refractivity contribution < 1.29 is 19.1 Å². The van der Waals surface area contributed by atoms with Gasteiger partial charge in [-0.25, -0.2) is 4.79 Å². The first-order valence-corrected chi connectivity index (χ1v) is 12.4. The molecule has 2 aromatic heterocycles. The molecule has 0 bridgehead atoms. The topological polar surface area (TPSA) is 98.5 Å². The first-order valence-electron chi connectivity index (χ1n) is 10.8. The zero-order chi connectivity index (χ0) is 24.4. The van der Waals surface area contributed by atoms with Crippen molar-refractivity contribution in [2.24, 2.45) is 5.73 Å². The molecule has 4 aromatic rings. The van der Waals surface area contributed by atoms with E-state index in [2.05, 4.69) is 29.6 Å². The van der Waals surface area contributed by atoms with Gasteiger partial charge in [0.25, 0.3) is 11.8 Å². The first-order chi connectivity index (χ1) is 16.3. The molecule has 34 heavy (non-hydrogen) atoms. The molecule has 3 N–H and O–H groups in total. The lowest BCUT2D eigenvalue weighted by Gasteiger charge is -2.08. The zero-order valence-corrected chi connectivity index (χ0v) is 20.7. The van der Waals surface area contributed by atoms with Crippen LogP contribution in [0.5, 0.6) is 0 Å². The molecule has 2 amide bonds. The van der Waals surface area contributed by atoms with E-state index in [1.807, 2.05) is 31.2 Å². The van der Waals surface area contributed by atoms with E-state index in [0.717, 1.165) is 32.5 Å². The van der Waals surface area contributed by atoms with Crippen molar-refractivity contribution in [3.63, 3.8) is 0 Å². The van der Waals surface area contributed by atoms with E-state index in [1.165, 1.54) is 16.9 Å². The van der Waals surface area contributed by atoms with Crippen LogP contribution in [0.1, 0.15) is 58.9 Å². The van der Waals surface area contributed by atoms with Crippen molar-refractivity contribution in [1.29, 1.82) is 0 Å². The lowest BCUT2D eigenvalue weighted by molar-refractivity contribution is 0.0527. The number of ether oxygens (including phenoxy) is 1. The maximum absolute atomic E-state index is 13.5. The molecule has 0 spiro atoms. The van der Waals surface area contributed by atoms with Gasteiger partial charge in [0.05, 0.1) is 21.9 Å². The summed E-state index contributed by atoms with van der Waals surface area (Å²) in [7, 11) is 0. The number of anilines is 1. The highest BCUT2D eigenvalue weighted by Crippen LogP contribution is 2.37. The Balaban J connectivity index is 1.75. The van der Waals surface area contributed by atoms with Crippen molar-refractivity contribution >= 4 is 55.5 Å². The van der Waals surface area contributed by atoms with Crippen LogP contribution in [0.2, 0.25) is 0 Å². The molecule has 0 radical (unpaired) electrons. The van der Waals surface area contributed by atoms with Crippen molar-refractivity contribution in [2.75, 3.05) is 11.9 Å². The summed E-state index contributed by atoms with van der Waals surface area (Å²) in [5, 5.41) is 4.14. The van der Waals surface area contributed by atoms with Gasteiger partial charge in [-0.05, 0) is 55.3 Å². The summed E-state index contributed by atoms with van der Waals surface area (Å²) in [5.41, 5.74) is 9.24. The number of esters is 1. The third kappa shape index (κ3) is 4.60. The maximum atomic E-state index is 13.5. The molecule has 0 aliphatic carbocycles. The summed E-state index contributed by atoms with van der Waals surface area (Å²) < 4.78 is 6.16. The molecule has 2 heterocycles. The number of amides is 2. The fourth-order valence-electron chi connectivity index (χ4n) is 3.81. The van der Waals surface area contributed by atoms with Crippen molar-refractivity contribution in [3.05, 3.63) is 86.1 Å². The Morgan fingerprint density at radius 2 is 1.68 bits per heavy atom. The second kappa shape index (κ2) is 9.79. The van der Waals surface area contributed by atoms with Crippen LogP contribution < -0.4 is 11.1 Å². The number of aryl methyl sites for hydroxylation is 1. The Morgan fingerprint density at radius 1 is 0.971 bits per heavy atom. The van der Waals surface area contributed by atoms with Crippen LogP contribution in [0.15, 0.2) is 48.5 Å². The van der Waals surface area contributed by atoms with Crippen molar-refractivity contribution in [2.45, 2.75) is 27.2 Å². The minimum Gasteiger partial charge on any atom is -0.462 e. The standard InChI is InChI=1S/C26H24N2O4S2/c1-4-32-26(31)20-15(3)21(23(27)29)34-25(20)28-24(30)22-18(13-16-11-9-14(2)10-12-16)17-7-5-6-8-19(17)33-22/h5-12H,4,13H2,1-3H3,(H2,27,29)(H,28,30). The molecule has 0 saturated heterocycles. The third-order valence-electron chi connectivity index (χ3n) is 5.48. The number of carbonyl (C=O) groups is 3. The Labute approximate surface area is 205 Å². The van der Waals surface area contributed by atoms with Gasteiger partial charge in [0.1, 0.15) is 5.00 Å². The van der Waals surface area contributed by atoms with Crippen LogP contribution in [0.4, 0.5) is 5.00 Å². The number of benzene rings is 2. The minimum atomic E-state index is -0.657. The van der Waals surface area contributed by atoms with Gasteiger partial charge >= 0.3 is 5.97 Å². The third-order valence-corrected chi connectivity index (χ3v) is 7.92. The van der Waals surface area contributed by atoms with E-state index in [4.69, 9.17) is 10.5 Å². The second-order valence-corrected chi connectivity index (χ2v) is 9.94. The van der Waals surface area contributed by atoms with Gasteiger partial charge in [-0.2, -0.15) is 0 Å². The van der Waals surface area contributed by atoms with Crippen LogP contribution >= 0.6 is 22.7 Å². The van der Waals surface area contributed by atoms with Gasteiger partial charge in [0, 0.05) is 4.70 Å². The summed E-state index contributed by atoms with van der Waals surface area (Å²) in [6.07, 6.45) is 0.591. The van der Waals surface area contributed by atoms with E-state index in [-0.39, 0.29) is 28.0 Å². The number of hydrogen-bond donors (Lipinski definition) is 2.